The van der Waals surface area contributed by atoms with Crippen molar-refractivity contribution in [1.29, 1.82) is 0 Å². The Morgan fingerprint density at radius 1 is 0.353 bits per heavy atom. The van der Waals surface area contributed by atoms with Crippen molar-refractivity contribution in [2.75, 3.05) is 4.90 Å². The summed E-state index contributed by atoms with van der Waals surface area (Å²) in [5.41, 5.74) is 13.1. The van der Waals surface area contributed by atoms with Gasteiger partial charge in [-0.05, 0) is 93.0 Å². The van der Waals surface area contributed by atoms with Gasteiger partial charge in [-0.25, -0.2) is 0 Å². The van der Waals surface area contributed by atoms with Crippen LogP contribution in [0.5, 0.6) is 0 Å². The maximum Gasteiger partial charge on any atom is 0.0713 e. The standard InChI is InChI=1S/C49H33NS/c1-4-14-34(15-5-1)35-24-26-37(27-25-35)49(36-16-6-2-7-17-36)45-22-12-10-20-41(45)43-32-39(28-30-46(43)49)50(38-18-8-3-9-19-38)40-29-31-48-44(33-40)42-21-11-13-23-47(42)51-48/h1-33H. The highest BCUT2D eigenvalue weighted by Gasteiger charge is 2.46. The predicted molar refractivity (Wildman–Crippen MR) is 217 cm³/mol. The van der Waals surface area contributed by atoms with Gasteiger partial charge in [0.2, 0.25) is 0 Å². The highest BCUT2D eigenvalue weighted by atomic mass is 32.1. The van der Waals surface area contributed by atoms with Crippen LogP contribution in [0.15, 0.2) is 200 Å². The molecular formula is C49H33NS. The molecule has 1 heterocycles. The molecule has 240 valence electrons. The van der Waals surface area contributed by atoms with E-state index < -0.39 is 5.41 Å². The number of fused-ring (bicyclic) bond motifs is 6. The van der Waals surface area contributed by atoms with E-state index in [0.717, 1.165) is 17.1 Å². The maximum atomic E-state index is 2.42. The molecule has 1 aliphatic carbocycles. The van der Waals surface area contributed by atoms with Gasteiger partial charge in [-0.1, -0.05) is 152 Å². The fourth-order valence-corrected chi connectivity index (χ4v) is 9.40. The average molecular weight is 668 g/mol. The molecule has 0 saturated heterocycles. The van der Waals surface area contributed by atoms with Crippen molar-refractivity contribution in [2.45, 2.75) is 5.41 Å². The molecule has 2 heteroatoms. The Kier molecular flexibility index (Phi) is 6.97. The van der Waals surface area contributed by atoms with Crippen molar-refractivity contribution in [2.24, 2.45) is 0 Å². The van der Waals surface area contributed by atoms with Crippen LogP contribution in [0.4, 0.5) is 17.1 Å². The highest BCUT2D eigenvalue weighted by molar-refractivity contribution is 7.25. The number of hydrogen-bond acceptors (Lipinski definition) is 2. The molecule has 0 N–H and O–H groups in total. The van der Waals surface area contributed by atoms with Gasteiger partial charge in [-0.15, -0.1) is 11.3 Å². The number of thiophene rings is 1. The number of rotatable bonds is 6. The van der Waals surface area contributed by atoms with Crippen LogP contribution in [0.3, 0.4) is 0 Å². The van der Waals surface area contributed by atoms with Gasteiger partial charge < -0.3 is 4.90 Å². The summed E-state index contributed by atoms with van der Waals surface area (Å²) in [5, 5.41) is 2.60. The number of benzene rings is 8. The average Bonchev–Trinajstić information content (AvgIpc) is 3.73. The Morgan fingerprint density at radius 2 is 0.922 bits per heavy atom. The van der Waals surface area contributed by atoms with Crippen LogP contribution in [0.1, 0.15) is 22.3 Å². The first kappa shape index (κ1) is 29.7. The van der Waals surface area contributed by atoms with Gasteiger partial charge >= 0.3 is 0 Å². The van der Waals surface area contributed by atoms with Gasteiger partial charge in [-0.3, -0.25) is 0 Å². The van der Waals surface area contributed by atoms with E-state index in [2.05, 4.69) is 205 Å². The molecule has 51 heavy (non-hydrogen) atoms. The largest absolute Gasteiger partial charge is 0.310 e. The predicted octanol–water partition coefficient (Wildman–Crippen LogP) is 13.6. The van der Waals surface area contributed by atoms with Gasteiger partial charge in [0, 0.05) is 37.2 Å². The van der Waals surface area contributed by atoms with Crippen molar-refractivity contribution in [1.82, 2.24) is 0 Å². The lowest BCUT2D eigenvalue weighted by atomic mass is 9.67. The van der Waals surface area contributed by atoms with Crippen LogP contribution < -0.4 is 4.90 Å². The Labute approximate surface area is 302 Å². The van der Waals surface area contributed by atoms with Crippen molar-refractivity contribution in [3.63, 3.8) is 0 Å². The minimum Gasteiger partial charge on any atom is -0.310 e. The fraction of sp³-hybridized carbons (Fsp3) is 0.0204. The SMILES string of the molecule is c1ccc(-c2ccc(C3(c4ccccc4)c4ccccc4-c4cc(N(c5ccccc5)c5ccc6sc7ccccc7c6c5)ccc43)cc2)cc1. The van der Waals surface area contributed by atoms with Gasteiger partial charge in [-0.2, -0.15) is 0 Å². The summed E-state index contributed by atoms with van der Waals surface area (Å²) < 4.78 is 2.63. The van der Waals surface area contributed by atoms with E-state index in [4.69, 9.17) is 0 Å². The van der Waals surface area contributed by atoms with E-state index >= 15 is 0 Å². The summed E-state index contributed by atoms with van der Waals surface area (Å²) in [7, 11) is 0. The third-order valence-corrected chi connectivity index (χ3v) is 11.7. The minimum atomic E-state index is -0.465. The first-order valence-electron chi connectivity index (χ1n) is 17.5. The molecule has 0 amide bonds. The quantitative estimate of drug-likeness (QED) is 0.171. The third kappa shape index (κ3) is 4.68. The van der Waals surface area contributed by atoms with E-state index in [-0.39, 0.29) is 0 Å². The zero-order valence-corrected chi connectivity index (χ0v) is 28.7. The summed E-state index contributed by atoms with van der Waals surface area (Å²) in [5.74, 6) is 0. The number of hydrogen-bond donors (Lipinski definition) is 0. The molecule has 1 aliphatic rings. The van der Waals surface area contributed by atoms with Crippen LogP contribution >= 0.6 is 11.3 Å². The molecule has 0 saturated carbocycles. The van der Waals surface area contributed by atoms with Crippen LogP contribution in [0.25, 0.3) is 42.4 Å². The third-order valence-electron chi connectivity index (χ3n) is 10.6. The van der Waals surface area contributed by atoms with Crippen molar-refractivity contribution < 1.29 is 0 Å². The summed E-state index contributed by atoms with van der Waals surface area (Å²) in [6.45, 7) is 0. The Balaban J connectivity index is 1.19. The summed E-state index contributed by atoms with van der Waals surface area (Å²) in [6, 6.07) is 73.5. The zero-order chi connectivity index (χ0) is 33.8. The second kappa shape index (κ2) is 12.0. The van der Waals surface area contributed by atoms with E-state index in [9.17, 15) is 0 Å². The summed E-state index contributed by atoms with van der Waals surface area (Å²) in [6.07, 6.45) is 0. The van der Waals surface area contributed by atoms with E-state index in [0.29, 0.717) is 0 Å². The molecule has 8 aromatic carbocycles. The number of nitrogens with zero attached hydrogens (tertiary/aromatic N) is 1. The van der Waals surface area contributed by atoms with Crippen molar-refractivity contribution in [3.8, 4) is 22.3 Å². The molecule has 9 aromatic rings. The van der Waals surface area contributed by atoms with Gasteiger partial charge in [0.05, 0.1) is 5.41 Å². The molecule has 1 unspecified atom stereocenters. The smallest absolute Gasteiger partial charge is 0.0713 e. The number of anilines is 3. The molecule has 0 radical (unpaired) electrons. The highest BCUT2D eigenvalue weighted by Crippen LogP contribution is 2.57. The first-order chi connectivity index (χ1) is 25.3. The van der Waals surface area contributed by atoms with Crippen LogP contribution in [0, 0.1) is 0 Å². The molecule has 0 spiro atoms. The Morgan fingerprint density at radius 3 is 1.73 bits per heavy atom. The fourth-order valence-electron chi connectivity index (χ4n) is 8.31. The molecule has 1 atom stereocenters. The second-order valence-electron chi connectivity index (χ2n) is 13.3. The van der Waals surface area contributed by atoms with Crippen LogP contribution in [-0.2, 0) is 5.41 Å². The molecule has 10 rings (SSSR count). The van der Waals surface area contributed by atoms with Gasteiger partial charge in [0.1, 0.15) is 0 Å². The maximum absolute atomic E-state index is 2.42. The van der Waals surface area contributed by atoms with Crippen molar-refractivity contribution >= 4 is 48.6 Å². The first-order valence-corrected chi connectivity index (χ1v) is 18.3. The minimum absolute atomic E-state index is 0.465. The molecule has 0 fully saturated rings. The lowest BCUT2D eigenvalue weighted by Gasteiger charge is -2.34. The normalized spacial score (nSPS) is 14.7. The van der Waals surface area contributed by atoms with Crippen LogP contribution in [-0.4, -0.2) is 0 Å². The molecule has 0 aliphatic heterocycles. The van der Waals surface area contributed by atoms with Gasteiger partial charge in [0.15, 0.2) is 0 Å². The monoisotopic (exact) mass is 667 g/mol. The van der Waals surface area contributed by atoms with E-state index in [1.807, 2.05) is 11.3 Å². The Bertz CT molecular complexity index is 2680. The zero-order valence-electron chi connectivity index (χ0n) is 27.9. The second-order valence-corrected chi connectivity index (χ2v) is 14.4. The molecule has 1 nitrogen and oxygen atoms in total. The summed E-state index contributed by atoms with van der Waals surface area (Å²) in [4.78, 5) is 2.41. The van der Waals surface area contributed by atoms with Crippen LogP contribution in [0.2, 0.25) is 0 Å². The van der Waals surface area contributed by atoms with Gasteiger partial charge in [0.25, 0.3) is 0 Å². The lowest BCUT2D eigenvalue weighted by molar-refractivity contribution is 0.768. The molecule has 1 aromatic heterocycles. The Hall–Kier alpha value is -6.22. The number of para-hydroxylation sites is 1. The topological polar surface area (TPSA) is 3.24 Å². The van der Waals surface area contributed by atoms with E-state index in [1.54, 1.807) is 0 Å². The lowest BCUT2D eigenvalue weighted by Crippen LogP contribution is -2.28. The van der Waals surface area contributed by atoms with E-state index in [1.165, 1.54) is 64.7 Å². The summed E-state index contributed by atoms with van der Waals surface area (Å²) >= 11 is 1.86. The molecular weight excluding hydrogens is 635 g/mol. The van der Waals surface area contributed by atoms with Crippen molar-refractivity contribution in [3.05, 3.63) is 222 Å². The molecule has 0 bridgehead atoms.